The van der Waals surface area contributed by atoms with Crippen LogP contribution in [-0.2, 0) is 6.61 Å². The number of hydrogen-bond acceptors (Lipinski definition) is 6. The molecule has 4 aromatic rings. The van der Waals surface area contributed by atoms with Crippen LogP contribution < -0.4 is 10.2 Å². The van der Waals surface area contributed by atoms with E-state index >= 15 is 0 Å². The van der Waals surface area contributed by atoms with Gasteiger partial charge in [0.05, 0.1) is 16.4 Å². The molecular formula is C20H16ClN3O2S. The van der Waals surface area contributed by atoms with E-state index in [1.54, 1.807) is 29.7 Å². The fourth-order valence-corrected chi connectivity index (χ4v) is 3.64. The van der Waals surface area contributed by atoms with Crippen molar-refractivity contribution in [2.45, 2.75) is 13.5 Å². The Labute approximate surface area is 165 Å². The van der Waals surface area contributed by atoms with Gasteiger partial charge in [0.2, 0.25) is 5.13 Å². The third kappa shape index (κ3) is 4.13. The first kappa shape index (κ1) is 17.6. The van der Waals surface area contributed by atoms with E-state index in [9.17, 15) is 0 Å². The summed E-state index contributed by atoms with van der Waals surface area (Å²) >= 11 is 7.75. The molecule has 2 heterocycles. The van der Waals surface area contributed by atoms with Gasteiger partial charge in [0.1, 0.15) is 6.61 Å². The topological polar surface area (TPSA) is 59.6 Å². The van der Waals surface area contributed by atoms with Crippen molar-refractivity contribution in [3.8, 4) is 5.95 Å². The molecule has 4 rings (SSSR count). The van der Waals surface area contributed by atoms with Gasteiger partial charge in [0, 0.05) is 16.7 Å². The summed E-state index contributed by atoms with van der Waals surface area (Å²) in [5.41, 5.74) is 5.90. The SMILES string of the molecule is Cc1cccc(Cl)c1COc1ccc(/C=N\Nc2nc3ccccc3s2)o1. The highest BCUT2D eigenvalue weighted by molar-refractivity contribution is 7.22. The molecule has 0 unspecified atom stereocenters. The van der Waals surface area contributed by atoms with E-state index in [-0.39, 0.29) is 0 Å². The molecule has 2 aromatic carbocycles. The van der Waals surface area contributed by atoms with Gasteiger partial charge in [-0.05, 0) is 36.8 Å². The third-order valence-corrected chi connectivity index (χ3v) is 5.26. The van der Waals surface area contributed by atoms with E-state index in [1.807, 2.05) is 49.4 Å². The van der Waals surface area contributed by atoms with Crippen molar-refractivity contribution in [1.82, 2.24) is 4.98 Å². The van der Waals surface area contributed by atoms with Gasteiger partial charge in [-0.3, -0.25) is 5.43 Å². The smallest absolute Gasteiger partial charge is 0.285 e. The molecule has 0 saturated carbocycles. The number of hydrazone groups is 1. The second-order valence-electron chi connectivity index (χ2n) is 5.84. The largest absolute Gasteiger partial charge is 0.460 e. The van der Waals surface area contributed by atoms with Gasteiger partial charge in [-0.15, -0.1) is 0 Å². The number of para-hydroxylation sites is 1. The van der Waals surface area contributed by atoms with Crippen molar-refractivity contribution in [2.24, 2.45) is 5.10 Å². The van der Waals surface area contributed by atoms with Gasteiger partial charge in [-0.2, -0.15) is 5.10 Å². The molecule has 2 aromatic heterocycles. The lowest BCUT2D eigenvalue weighted by atomic mass is 10.1. The molecule has 0 aliphatic rings. The quantitative estimate of drug-likeness (QED) is 0.326. The van der Waals surface area contributed by atoms with Crippen LogP contribution in [-0.4, -0.2) is 11.2 Å². The lowest BCUT2D eigenvalue weighted by Gasteiger charge is -2.08. The van der Waals surface area contributed by atoms with Crippen molar-refractivity contribution in [2.75, 3.05) is 5.43 Å². The first-order valence-corrected chi connectivity index (χ1v) is 9.50. The number of anilines is 1. The zero-order valence-corrected chi connectivity index (χ0v) is 16.1. The minimum Gasteiger partial charge on any atom is -0.460 e. The summed E-state index contributed by atoms with van der Waals surface area (Å²) in [4.78, 5) is 4.45. The molecule has 0 radical (unpaired) electrons. The predicted molar refractivity (Wildman–Crippen MR) is 110 cm³/mol. The maximum atomic E-state index is 6.21. The molecule has 5 nitrogen and oxygen atoms in total. The Balaban J connectivity index is 1.37. The normalized spacial score (nSPS) is 11.3. The Bertz CT molecular complexity index is 1050. The number of nitrogens with one attached hydrogen (secondary N) is 1. The molecule has 0 aliphatic carbocycles. The van der Waals surface area contributed by atoms with E-state index in [0.29, 0.717) is 23.3 Å². The van der Waals surface area contributed by atoms with Crippen LogP contribution in [0.15, 0.2) is 64.1 Å². The van der Waals surface area contributed by atoms with Crippen molar-refractivity contribution in [3.05, 3.63) is 76.5 Å². The summed E-state index contributed by atoms with van der Waals surface area (Å²) in [7, 11) is 0. The summed E-state index contributed by atoms with van der Waals surface area (Å²) in [5, 5.41) is 5.58. The van der Waals surface area contributed by atoms with Gasteiger partial charge in [-0.1, -0.05) is 47.2 Å². The highest BCUT2D eigenvalue weighted by atomic mass is 35.5. The molecular weight excluding hydrogens is 382 g/mol. The van der Waals surface area contributed by atoms with Crippen molar-refractivity contribution in [1.29, 1.82) is 0 Å². The second kappa shape index (κ2) is 7.82. The number of furan rings is 1. The Morgan fingerprint density at radius 1 is 1.19 bits per heavy atom. The van der Waals surface area contributed by atoms with E-state index in [2.05, 4.69) is 15.5 Å². The molecule has 136 valence electrons. The van der Waals surface area contributed by atoms with Crippen LogP contribution in [0, 0.1) is 6.92 Å². The number of thiazole rings is 1. The highest BCUT2D eigenvalue weighted by Gasteiger charge is 2.07. The number of halogens is 1. The number of fused-ring (bicyclic) bond motifs is 1. The fraction of sp³-hybridized carbons (Fsp3) is 0.100. The monoisotopic (exact) mass is 397 g/mol. The van der Waals surface area contributed by atoms with Gasteiger partial charge in [-0.25, -0.2) is 4.98 Å². The maximum Gasteiger partial charge on any atom is 0.285 e. The molecule has 0 atom stereocenters. The van der Waals surface area contributed by atoms with Crippen LogP contribution in [0.3, 0.4) is 0 Å². The number of hydrogen-bond donors (Lipinski definition) is 1. The third-order valence-electron chi connectivity index (χ3n) is 3.96. The summed E-state index contributed by atoms with van der Waals surface area (Å²) in [6.45, 7) is 2.35. The standard InChI is InChI=1S/C20H16ClN3O2S/c1-13-5-4-6-16(21)15(13)12-25-19-10-9-14(26-19)11-22-24-20-23-17-7-2-3-8-18(17)27-20/h2-11H,12H2,1H3,(H,23,24)/b22-11-. The summed E-state index contributed by atoms with van der Waals surface area (Å²) in [5.74, 6) is 0.991. The Hall–Kier alpha value is -2.83. The van der Waals surface area contributed by atoms with Crippen LogP contribution in [0.5, 0.6) is 5.95 Å². The number of rotatable bonds is 6. The van der Waals surface area contributed by atoms with Crippen molar-refractivity contribution >= 4 is 44.5 Å². The van der Waals surface area contributed by atoms with Gasteiger partial charge in [0.15, 0.2) is 5.76 Å². The first-order valence-electron chi connectivity index (χ1n) is 8.30. The Morgan fingerprint density at radius 2 is 2.07 bits per heavy atom. The molecule has 0 spiro atoms. The lowest BCUT2D eigenvalue weighted by molar-refractivity contribution is 0.231. The van der Waals surface area contributed by atoms with E-state index < -0.39 is 0 Å². The Kier molecular flexibility index (Phi) is 5.09. The molecule has 0 saturated heterocycles. The highest BCUT2D eigenvalue weighted by Crippen LogP contribution is 2.25. The summed E-state index contributed by atoms with van der Waals surface area (Å²) < 4.78 is 12.4. The van der Waals surface area contributed by atoms with Gasteiger partial charge >= 0.3 is 0 Å². The maximum absolute atomic E-state index is 6.21. The van der Waals surface area contributed by atoms with Crippen LogP contribution in [0.2, 0.25) is 5.02 Å². The minimum atomic E-state index is 0.347. The number of benzene rings is 2. The predicted octanol–water partition coefficient (Wildman–Crippen LogP) is 5.88. The van der Waals surface area contributed by atoms with E-state index in [4.69, 9.17) is 20.8 Å². The number of aryl methyl sites for hydroxylation is 1. The molecule has 1 N–H and O–H groups in total. The van der Waals surface area contributed by atoms with E-state index in [0.717, 1.165) is 26.5 Å². The van der Waals surface area contributed by atoms with Crippen molar-refractivity contribution in [3.63, 3.8) is 0 Å². The average Bonchev–Trinajstić information content (AvgIpc) is 3.27. The van der Waals surface area contributed by atoms with Gasteiger partial charge < -0.3 is 9.15 Å². The fourth-order valence-electron chi connectivity index (χ4n) is 2.55. The Morgan fingerprint density at radius 3 is 2.93 bits per heavy atom. The number of nitrogens with zero attached hydrogens (tertiary/aromatic N) is 2. The van der Waals surface area contributed by atoms with Crippen LogP contribution in [0.4, 0.5) is 5.13 Å². The lowest BCUT2D eigenvalue weighted by Crippen LogP contribution is -1.98. The van der Waals surface area contributed by atoms with Gasteiger partial charge in [0.25, 0.3) is 5.95 Å². The molecule has 0 aliphatic heterocycles. The number of ether oxygens (including phenoxy) is 1. The zero-order chi connectivity index (χ0) is 18.6. The molecule has 7 heteroatoms. The summed E-state index contributed by atoms with van der Waals surface area (Å²) in [6.07, 6.45) is 1.58. The average molecular weight is 398 g/mol. The molecule has 0 fully saturated rings. The van der Waals surface area contributed by atoms with E-state index in [1.165, 1.54) is 0 Å². The number of aromatic nitrogens is 1. The zero-order valence-electron chi connectivity index (χ0n) is 14.5. The van der Waals surface area contributed by atoms with Crippen molar-refractivity contribution < 1.29 is 9.15 Å². The molecule has 0 bridgehead atoms. The summed E-state index contributed by atoms with van der Waals surface area (Å²) in [6, 6.07) is 17.3. The molecule has 27 heavy (non-hydrogen) atoms. The van der Waals surface area contributed by atoms with Crippen LogP contribution in [0.25, 0.3) is 10.2 Å². The first-order chi connectivity index (χ1) is 13.2. The van der Waals surface area contributed by atoms with Crippen LogP contribution >= 0.6 is 22.9 Å². The molecule has 0 amide bonds. The minimum absolute atomic E-state index is 0.347. The van der Waals surface area contributed by atoms with Crippen LogP contribution in [0.1, 0.15) is 16.9 Å². The second-order valence-corrected chi connectivity index (χ2v) is 7.28.